The molecule has 1 fully saturated rings. The lowest BCUT2D eigenvalue weighted by Crippen LogP contribution is -2.34. The first-order valence-electron chi connectivity index (χ1n) is 5.62. The molecule has 2 nitrogen and oxygen atoms in total. The highest BCUT2D eigenvalue weighted by atomic mass is 16.6. The summed E-state index contributed by atoms with van der Waals surface area (Å²) >= 11 is 0. The summed E-state index contributed by atoms with van der Waals surface area (Å²) < 4.78 is 5.71. The van der Waals surface area contributed by atoms with Gasteiger partial charge in [0.1, 0.15) is 0 Å². The maximum atomic E-state index is 9.64. The van der Waals surface area contributed by atoms with Crippen molar-refractivity contribution in [2.45, 2.75) is 58.3 Å². The van der Waals surface area contributed by atoms with Crippen LogP contribution < -0.4 is 0 Å². The van der Waals surface area contributed by atoms with Crippen molar-refractivity contribution in [1.82, 2.24) is 0 Å². The van der Waals surface area contributed by atoms with Crippen LogP contribution in [-0.2, 0) is 4.74 Å². The molecule has 1 saturated heterocycles. The molecule has 2 atom stereocenters. The van der Waals surface area contributed by atoms with Gasteiger partial charge in [0, 0.05) is 5.92 Å². The second-order valence-electron chi connectivity index (χ2n) is 4.33. The van der Waals surface area contributed by atoms with Gasteiger partial charge in [-0.25, -0.2) is 0 Å². The van der Waals surface area contributed by atoms with Crippen LogP contribution in [0.2, 0.25) is 0 Å². The molecule has 0 aliphatic carbocycles. The third kappa shape index (κ3) is 1.86. The monoisotopic (exact) mass is 198 g/mol. The van der Waals surface area contributed by atoms with Gasteiger partial charge in [-0.15, -0.1) is 0 Å². The average Bonchev–Trinajstić information content (AvgIpc) is 2.33. The Morgan fingerprint density at radius 2 is 1.86 bits per heavy atom. The zero-order valence-electron chi connectivity index (χ0n) is 9.55. The lowest BCUT2D eigenvalue weighted by molar-refractivity contribution is -0.142. The van der Waals surface area contributed by atoms with E-state index in [1.54, 1.807) is 0 Å². The number of aliphatic hydroxyl groups excluding tert-OH is 1. The Morgan fingerprint density at radius 1 is 1.36 bits per heavy atom. The molecule has 1 N–H and O–H groups in total. The van der Waals surface area contributed by atoms with Gasteiger partial charge >= 0.3 is 0 Å². The summed E-state index contributed by atoms with van der Waals surface area (Å²) in [5, 5.41) is 9.64. The van der Waals surface area contributed by atoms with E-state index in [1.807, 2.05) is 0 Å². The SMILES string of the molecule is C=C1C(O)OC(CCC)(CCC)C1C. The van der Waals surface area contributed by atoms with E-state index in [0.29, 0.717) is 0 Å². The van der Waals surface area contributed by atoms with Crippen LogP contribution in [0.1, 0.15) is 46.5 Å². The Bertz CT molecular complexity index is 204. The van der Waals surface area contributed by atoms with Crippen molar-refractivity contribution in [3.8, 4) is 0 Å². The van der Waals surface area contributed by atoms with E-state index < -0.39 is 6.29 Å². The minimum atomic E-state index is -0.747. The molecule has 0 aromatic heterocycles. The van der Waals surface area contributed by atoms with Gasteiger partial charge in [0.15, 0.2) is 6.29 Å². The number of ether oxygens (including phenoxy) is 1. The molecule has 1 heterocycles. The summed E-state index contributed by atoms with van der Waals surface area (Å²) in [4.78, 5) is 0. The lowest BCUT2D eigenvalue weighted by atomic mass is 9.80. The molecular formula is C12H22O2. The fraction of sp³-hybridized carbons (Fsp3) is 0.833. The van der Waals surface area contributed by atoms with E-state index in [2.05, 4.69) is 27.4 Å². The predicted octanol–water partition coefficient (Wildman–Crippen LogP) is 2.87. The van der Waals surface area contributed by atoms with E-state index in [1.165, 1.54) is 0 Å². The topological polar surface area (TPSA) is 29.5 Å². The van der Waals surface area contributed by atoms with Crippen molar-refractivity contribution in [3.05, 3.63) is 12.2 Å². The number of hydrogen-bond donors (Lipinski definition) is 1. The number of aliphatic hydroxyl groups is 1. The minimum Gasteiger partial charge on any atom is -0.364 e. The van der Waals surface area contributed by atoms with Gasteiger partial charge in [-0.3, -0.25) is 0 Å². The molecule has 0 bridgehead atoms. The van der Waals surface area contributed by atoms with Crippen molar-refractivity contribution in [2.24, 2.45) is 5.92 Å². The largest absolute Gasteiger partial charge is 0.364 e. The maximum absolute atomic E-state index is 9.64. The quantitative estimate of drug-likeness (QED) is 0.704. The molecule has 0 aromatic rings. The van der Waals surface area contributed by atoms with Crippen LogP contribution >= 0.6 is 0 Å². The van der Waals surface area contributed by atoms with E-state index >= 15 is 0 Å². The van der Waals surface area contributed by atoms with Crippen LogP contribution in [-0.4, -0.2) is 17.0 Å². The van der Waals surface area contributed by atoms with Crippen molar-refractivity contribution >= 4 is 0 Å². The molecule has 1 aliphatic rings. The second-order valence-corrected chi connectivity index (χ2v) is 4.33. The number of hydrogen-bond acceptors (Lipinski definition) is 2. The van der Waals surface area contributed by atoms with E-state index in [0.717, 1.165) is 31.3 Å². The fourth-order valence-electron chi connectivity index (χ4n) is 2.47. The molecule has 1 aliphatic heterocycles. The van der Waals surface area contributed by atoms with Gasteiger partial charge in [0.2, 0.25) is 0 Å². The fourth-order valence-corrected chi connectivity index (χ4v) is 2.47. The Kier molecular flexibility index (Phi) is 3.73. The first-order valence-corrected chi connectivity index (χ1v) is 5.62. The molecule has 0 spiro atoms. The third-order valence-corrected chi connectivity index (χ3v) is 3.36. The third-order valence-electron chi connectivity index (χ3n) is 3.36. The van der Waals surface area contributed by atoms with Crippen LogP contribution in [0.4, 0.5) is 0 Å². The molecule has 82 valence electrons. The normalized spacial score (nSPS) is 31.0. The van der Waals surface area contributed by atoms with Crippen LogP contribution in [0.15, 0.2) is 12.2 Å². The summed E-state index contributed by atoms with van der Waals surface area (Å²) in [5.41, 5.74) is 0.687. The molecule has 14 heavy (non-hydrogen) atoms. The van der Waals surface area contributed by atoms with Crippen LogP contribution in [0, 0.1) is 5.92 Å². The Hall–Kier alpha value is -0.340. The van der Waals surface area contributed by atoms with E-state index in [4.69, 9.17) is 4.74 Å². The van der Waals surface area contributed by atoms with Crippen LogP contribution in [0.25, 0.3) is 0 Å². The van der Waals surface area contributed by atoms with Gasteiger partial charge in [-0.2, -0.15) is 0 Å². The van der Waals surface area contributed by atoms with E-state index in [-0.39, 0.29) is 11.5 Å². The highest BCUT2D eigenvalue weighted by molar-refractivity contribution is 5.15. The standard InChI is InChI=1S/C12H22O2/c1-5-7-12(8-6-2)10(4)9(3)11(13)14-12/h10-11,13H,3,5-8H2,1-2,4H3. The summed E-state index contributed by atoms with van der Waals surface area (Å²) in [6.45, 7) is 10.3. The highest BCUT2D eigenvalue weighted by Crippen LogP contribution is 2.44. The molecule has 2 unspecified atom stereocenters. The van der Waals surface area contributed by atoms with E-state index in [9.17, 15) is 5.11 Å². The molecule has 0 radical (unpaired) electrons. The summed E-state index contributed by atoms with van der Waals surface area (Å²) in [6.07, 6.45) is 3.45. The smallest absolute Gasteiger partial charge is 0.177 e. The minimum absolute atomic E-state index is 0.153. The Labute approximate surface area is 87.0 Å². The molecule has 0 aromatic carbocycles. The van der Waals surface area contributed by atoms with Crippen molar-refractivity contribution in [3.63, 3.8) is 0 Å². The Morgan fingerprint density at radius 3 is 2.14 bits per heavy atom. The summed E-state index contributed by atoms with van der Waals surface area (Å²) in [6, 6.07) is 0. The zero-order chi connectivity index (χ0) is 10.8. The Balaban J connectivity index is 2.82. The highest BCUT2D eigenvalue weighted by Gasteiger charge is 2.46. The van der Waals surface area contributed by atoms with Crippen molar-refractivity contribution in [1.29, 1.82) is 0 Å². The second kappa shape index (κ2) is 4.45. The van der Waals surface area contributed by atoms with Crippen molar-refractivity contribution in [2.75, 3.05) is 0 Å². The molecule has 1 rings (SSSR count). The average molecular weight is 198 g/mol. The van der Waals surface area contributed by atoms with Gasteiger partial charge in [-0.1, -0.05) is 40.2 Å². The summed E-state index contributed by atoms with van der Waals surface area (Å²) in [5.74, 6) is 0.275. The maximum Gasteiger partial charge on any atom is 0.177 e. The van der Waals surface area contributed by atoms with Crippen molar-refractivity contribution < 1.29 is 9.84 Å². The lowest BCUT2D eigenvalue weighted by Gasteiger charge is -2.32. The van der Waals surface area contributed by atoms with Crippen LogP contribution in [0.3, 0.4) is 0 Å². The summed E-state index contributed by atoms with van der Waals surface area (Å²) in [7, 11) is 0. The molecule has 0 amide bonds. The predicted molar refractivity (Wildman–Crippen MR) is 57.9 cm³/mol. The molecule has 0 saturated carbocycles. The molecule has 2 heteroatoms. The van der Waals surface area contributed by atoms with Crippen LogP contribution in [0.5, 0.6) is 0 Å². The molecular weight excluding hydrogens is 176 g/mol. The zero-order valence-corrected chi connectivity index (χ0v) is 9.55. The van der Waals surface area contributed by atoms with Gasteiger partial charge < -0.3 is 9.84 Å². The van der Waals surface area contributed by atoms with Gasteiger partial charge in [0.05, 0.1) is 5.60 Å². The van der Waals surface area contributed by atoms with Gasteiger partial charge in [-0.05, 0) is 18.4 Å². The number of rotatable bonds is 4. The first-order chi connectivity index (χ1) is 6.57. The van der Waals surface area contributed by atoms with Gasteiger partial charge in [0.25, 0.3) is 0 Å². The first kappa shape index (κ1) is 11.7.